The molecule has 0 saturated heterocycles. The van der Waals surface area contributed by atoms with Crippen LogP contribution in [0.25, 0.3) is 0 Å². The smallest absolute Gasteiger partial charge is 0.320 e. The molecule has 90 valence electrons. The molecular formula is C13H21NO2. The highest BCUT2D eigenvalue weighted by Gasteiger charge is 2.36. The van der Waals surface area contributed by atoms with Gasteiger partial charge in [-0.3, -0.25) is 4.79 Å². The summed E-state index contributed by atoms with van der Waals surface area (Å²) in [4.78, 5) is 11.0. The zero-order valence-electron chi connectivity index (χ0n) is 10.0. The first-order valence-electron chi connectivity index (χ1n) is 6.22. The predicted octanol–water partition coefficient (Wildman–Crippen LogP) is 1.90. The van der Waals surface area contributed by atoms with E-state index in [0.29, 0.717) is 11.8 Å². The molecule has 16 heavy (non-hydrogen) atoms. The van der Waals surface area contributed by atoms with Crippen molar-refractivity contribution in [2.45, 2.75) is 32.7 Å². The first kappa shape index (κ1) is 11.6. The second kappa shape index (κ2) is 4.58. The maximum Gasteiger partial charge on any atom is 0.320 e. The van der Waals surface area contributed by atoms with E-state index in [0.717, 1.165) is 12.5 Å². The van der Waals surface area contributed by atoms with Gasteiger partial charge in [-0.25, -0.2) is 0 Å². The number of hydrogen-bond donors (Lipinski definition) is 2. The molecule has 0 aliphatic heterocycles. The average Bonchev–Trinajstić information content (AvgIpc) is 2.77. The fourth-order valence-corrected chi connectivity index (χ4v) is 3.02. The Bertz CT molecular complexity index is 298. The van der Waals surface area contributed by atoms with Gasteiger partial charge in [0.1, 0.15) is 6.04 Å². The highest BCUT2D eigenvalue weighted by molar-refractivity contribution is 5.73. The standard InChI is InChI=1S/C13H21NO2/c1-8(2)12(13(15)16)14-7-11-6-9-3-4-10(11)5-9/h3-4,8-12,14H,5-7H2,1-2H3,(H,15,16)/t9?,10?,11?,12-/m1/s1. The number of fused-ring (bicyclic) bond motifs is 2. The van der Waals surface area contributed by atoms with Gasteiger partial charge in [-0.1, -0.05) is 26.0 Å². The van der Waals surface area contributed by atoms with Gasteiger partial charge in [-0.15, -0.1) is 0 Å². The lowest BCUT2D eigenvalue weighted by Gasteiger charge is -2.23. The van der Waals surface area contributed by atoms with Gasteiger partial charge in [0.05, 0.1) is 0 Å². The molecule has 2 aliphatic rings. The van der Waals surface area contributed by atoms with Crippen molar-refractivity contribution in [2.24, 2.45) is 23.7 Å². The van der Waals surface area contributed by atoms with E-state index >= 15 is 0 Å². The Morgan fingerprint density at radius 2 is 2.19 bits per heavy atom. The summed E-state index contributed by atoms with van der Waals surface area (Å²) in [6, 6.07) is -0.400. The Morgan fingerprint density at radius 3 is 2.62 bits per heavy atom. The lowest BCUT2D eigenvalue weighted by atomic mass is 9.93. The van der Waals surface area contributed by atoms with Crippen LogP contribution in [-0.4, -0.2) is 23.7 Å². The monoisotopic (exact) mass is 223 g/mol. The normalized spacial score (nSPS) is 33.6. The molecular weight excluding hydrogens is 202 g/mol. The molecule has 3 heteroatoms. The quantitative estimate of drug-likeness (QED) is 0.700. The van der Waals surface area contributed by atoms with Crippen molar-refractivity contribution >= 4 is 5.97 Å². The van der Waals surface area contributed by atoms with Gasteiger partial charge < -0.3 is 10.4 Å². The molecule has 1 saturated carbocycles. The van der Waals surface area contributed by atoms with Gasteiger partial charge >= 0.3 is 5.97 Å². The molecule has 0 amide bonds. The van der Waals surface area contributed by atoms with E-state index in [2.05, 4.69) is 17.5 Å². The second-order valence-electron chi connectivity index (χ2n) is 5.51. The number of rotatable bonds is 5. The molecule has 4 atom stereocenters. The van der Waals surface area contributed by atoms with E-state index in [4.69, 9.17) is 5.11 Å². The van der Waals surface area contributed by atoms with Gasteiger partial charge in [-0.2, -0.15) is 0 Å². The zero-order valence-corrected chi connectivity index (χ0v) is 10.0. The van der Waals surface area contributed by atoms with Gasteiger partial charge in [0.15, 0.2) is 0 Å². The third-order valence-corrected chi connectivity index (χ3v) is 3.95. The predicted molar refractivity (Wildman–Crippen MR) is 63.1 cm³/mol. The zero-order chi connectivity index (χ0) is 11.7. The van der Waals surface area contributed by atoms with E-state index in [-0.39, 0.29) is 5.92 Å². The van der Waals surface area contributed by atoms with Crippen molar-refractivity contribution in [2.75, 3.05) is 6.54 Å². The Kier molecular flexibility index (Phi) is 3.33. The summed E-state index contributed by atoms with van der Waals surface area (Å²) in [7, 11) is 0. The SMILES string of the molecule is CC(C)[C@@H](NCC1CC2C=CC1C2)C(=O)O. The van der Waals surface area contributed by atoms with Crippen LogP contribution < -0.4 is 5.32 Å². The Labute approximate surface area is 96.9 Å². The van der Waals surface area contributed by atoms with Crippen LogP contribution >= 0.6 is 0 Å². The van der Waals surface area contributed by atoms with E-state index in [1.807, 2.05) is 13.8 Å². The van der Waals surface area contributed by atoms with Gasteiger partial charge in [0.2, 0.25) is 0 Å². The largest absolute Gasteiger partial charge is 0.480 e. The minimum Gasteiger partial charge on any atom is -0.480 e. The van der Waals surface area contributed by atoms with Crippen molar-refractivity contribution < 1.29 is 9.90 Å². The van der Waals surface area contributed by atoms with Crippen molar-refractivity contribution in [3.8, 4) is 0 Å². The summed E-state index contributed by atoms with van der Waals surface area (Å²) in [6.07, 6.45) is 7.15. The maximum atomic E-state index is 11.0. The molecule has 3 nitrogen and oxygen atoms in total. The summed E-state index contributed by atoms with van der Waals surface area (Å²) in [5.74, 6) is 1.52. The first-order valence-corrected chi connectivity index (χ1v) is 6.22. The second-order valence-corrected chi connectivity index (χ2v) is 5.51. The van der Waals surface area contributed by atoms with Crippen molar-refractivity contribution in [3.63, 3.8) is 0 Å². The van der Waals surface area contributed by atoms with Gasteiger partial charge in [0, 0.05) is 0 Å². The van der Waals surface area contributed by atoms with Crippen molar-refractivity contribution in [3.05, 3.63) is 12.2 Å². The van der Waals surface area contributed by atoms with Gasteiger partial charge in [-0.05, 0) is 43.1 Å². The van der Waals surface area contributed by atoms with E-state index < -0.39 is 12.0 Å². The lowest BCUT2D eigenvalue weighted by Crippen LogP contribution is -2.43. The number of carboxylic acid groups (broad SMARTS) is 1. The minimum absolute atomic E-state index is 0.145. The molecule has 0 aromatic carbocycles. The lowest BCUT2D eigenvalue weighted by molar-refractivity contribution is -0.140. The summed E-state index contributed by atoms with van der Waals surface area (Å²) >= 11 is 0. The first-order chi connectivity index (χ1) is 7.58. The fraction of sp³-hybridized carbons (Fsp3) is 0.769. The summed E-state index contributed by atoms with van der Waals surface area (Å²) < 4.78 is 0. The molecule has 2 aliphatic carbocycles. The molecule has 1 fully saturated rings. The van der Waals surface area contributed by atoms with Crippen molar-refractivity contribution in [1.82, 2.24) is 5.32 Å². The van der Waals surface area contributed by atoms with Crippen molar-refractivity contribution in [1.29, 1.82) is 0 Å². The highest BCUT2D eigenvalue weighted by atomic mass is 16.4. The number of nitrogens with one attached hydrogen (secondary N) is 1. The number of carbonyl (C=O) groups is 1. The number of aliphatic carboxylic acids is 1. The molecule has 0 heterocycles. The third-order valence-electron chi connectivity index (χ3n) is 3.95. The van der Waals surface area contributed by atoms with Crippen LogP contribution in [0.15, 0.2) is 12.2 Å². The van der Waals surface area contributed by atoms with Crippen LogP contribution in [0.3, 0.4) is 0 Å². The van der Waals surface area contributed by atoms with Crippen LogP contribution in [0, 0.1) is 23.7 Å². The van der Waals surface area contributed by atoms with Crippen LogP contribution in [0.4, 0.5) is 0 Å². The van der Waals surface area contributed by atoms with E-state index in [1.165, 1.54) is 12.8 Å². The number of allylic oxidation sites excluding steroid dienone is 2. The maximum absolute atomic E-state index is 11.0. The molecule has 0 radical (unpaired) electrons. The van der Waals surface area contributed by atoms with E-state index in [9.17, 15) is 4.79 Å². The fourth-order valence-electron chi connectivity index (χ4n) is 3.02. The Morgan fingerprint density at radius 1 is 1.44 bits per heavy atom. The summed E-state index contributed by atoms with van der Waals surface area (Å²) in [5.41, 5.74) is 0. The number of carboxylic acids is 1. The highest BCUT2D eigenvalue weighted by Crippen LogP contribution is 2.42. The van der Waals surface area contributed by atoms with Crippen LogP contribution in [-0.2, 0) is 4.79 Å². The molecule has 2 rings (SSSR count). The average molecular weight is 223 g/mol. The van der Waals surface area contributed by atoms with Crippen LogP contribution in [0.2, 0.25) is 0 Å². The molecule has 0 aromatic rings. The summed E-state index contributed by atoms with van der Waals surface area (Å²) in [6.45, 7) is 4.75. The molecule has 0 aromatic heterocycles. The van der Waals surface area contributed by atoms with Crippen LogP contribution in [0.5, 0.6) is 0 Å². The molecule has 2 bridgehead atoms. The number of hydrogen-bond acceptors (Lipinski definition) is 2. The Hall–Kier alpha value is -0.830. The third kappa shape index (κ3) is 2.29. The summed E-state index contributed by atoms with van der Waals surface area (Å²) in [5, 5.41) is 12.3. The Balaban J connectivity index is 1.82. The molecule has 0 spiro atoms. The van der Waals surface area contributed by atoms with E-state index in [1.54, 1.807) is 0 Å². The molecule has 2 N–H and O–H groups in total. The molecule has 3 unspecified atom stereocenters. The minimum atomic E-state index is -0.728. The van der Waals surface area contributed by atoms with Gasteiger partial charge in [0.25, 0.3) is 0 Å². The van der Waals surface area contributed by atoms with Crippen LogP contribution in [0.1, 0.15) is 26.7 Å². The topological polar surface area (TPSA) is 49.3 Å².